The van der Waals surface area contributed by atoms with Crippen LogP contribution in [0, 0.1) is 25.2 Å². The Morgan fingerprint density at radius 3 is 2.58 bits per heavy atom. The van der Waals surface area contributed by atoms with Crippen molar-refractivity contribution in [1.82, 2.24) is 19.9 Å². The molecule has 0 saturated heterocycles. The molecule has 0 bridgehead atoms. The second-order valence-corrected chi connectivity index (χ2v) is 8.19. The van der Waals surface area contributed by atoms with E-state index in [1.807, 2.05) is 19.9 Å². The van der Waals surface area contributed by atoms with Gasteiger partial charge in [-0.2, -0.15) is 5.26 Å². The quantitative estimate of drug-likeness (QED) is 0.415. The van der Waals surface area contributed by atoms with Gasteiger partial charge in [0.2, 0.25) is 5.95 Å². The van der Waals surface area contributed by atoms with Crippen LogP contribution >= 0.6 is 11.6 Å². The maximum atomic E-state index is 10.2. The van der Waals surface area contributed by atoms with E-state index >= 15 is 0 Å². The molecule has 1 saturated carbocycles. The van der Waals surface area contributed by atoms with E-state index < -0.39 is 0 Å². The van der Waals surface area contributed by atoms with E-state index in [2.05, 4.69) is 31.3 Å². The van der Waals surface area contributed by atoms with Crippen LogP contribution in [0.15, 0.2) is 30.7 Å². The lowest BCUT2D eigenvalue weighted by Gasteiger charge is -2.13. The van der Waals surface area contributed by atoms with Gasteiger partial charge < -0.3 is 15.4 Å². The van der Waals surface area contributed by atoms with Crippen LogP contribution in [0.3, 0.4) is 0 Å². The molecule has 154 valence electrons. The number of nitrogens with zero attached hydrogens (tertiary/aromatic N) is 4. The number of aryl methyl sites for hydroxylation is 1. The summed E-state index contributed by atoms with van der Waals surface area (Å²) in [6.45, 7) is 3.76. The summed E-state index contributed by atoms with van der Waals surface area (Å²) in [6.07, 6.45) is 7.32. The Balaban J connectivity index is 1.66. The van der Waals surface area contributed by atoms with Crippen molar-refractivity contribution in [2.45, 2.75) is 32.7 Å². The highest BCUT2D eigenvalue weighted by molar-refractivity contribution is 6.38. The summed E-state index contributed by atoms with van der Waals surface area (Å²) in [5.41, 5.74) is 5.28. The minimum atomic E-state index is 0.169. The molecule has 3 heterocycles. The van der Waals surface area contributed by atoms with Crippen molar-refractivity contribution in [3.63, 3.8) is 0 Å². The normalized spacial score (nSPS) is 13.4. The third-order valence-corrected chi connectivity index (χ3v) is 6.02. The highest BCUT2D eigenvalue weighted by atomic mass is 35.5. The molecule has 0 unspecified atom stereocenters. The van der Waals surface area contributed by atoms with Gasteiger partial charge in [-0.3, -0.25) is 0 Å². The molecule has 5 rings (SSSR count). The number of hydrogen-bond acceptors (Lipinski definition) is 6. The van der Waals surface area contributed by atoms with Crippen LogP contribution in [-0.2, 0) is 0 Å². The number of aromatic nitrogens is 4. The SMILES string of the molecule is Cc1ccc(O)c(C)c1-c1cnc2[nH]c(-c3cnc(NC4CC4)nc3)c(Cl)c2c1C#N. The molecule has 3 aromatic heterocycles. The first-order valence-corrected chi connectivity index (χ1v) is 10.3. The first-order chi connectivity index (χ1) is 15.0. The lowest BCUT2D eigenvalue weighted by Crippen LogP contribution is -2.04. The van der Waals surface area contributed by atoms with Gasteiger partial charge in [0, 0.05) is 35.8 Å². The molecule has 1 fully saturated rings. The predicted molar refractivity (Wildman–Crippen MR) is 120 cm³/mol. The lowest BCUT2D eigenvalue weighted by atomic mass is 9.92. The molecule has 0 atom stereocenters. The van der Waals surface area contributed by atoms with Crippen LogP contribution in [0.2, 0.25) is 5.02 Å². The zero-order valence-corrected chi connectivity index (χ0v) is 17.7. The molecule has 0 spiro atoms. The average Bonchev–Trinajstić information content (AvgIpc) is 3.53. The van der Waals surface area contributed by atoms with E-state index in [1.54, 1.807) is 24.7 Å². The van der Waals surface area contributed by atoms with E-state index in [9.17, 15) is 10.4 Å². The molecule has 0 amide bonds. The number of phenolic OH excluding ortho intramolecular Hbond substituents is 1. The summed E-state index contributed by atoms with van der Waals surface area (Å²) < 4.78 is 0. The van der Waals surface area contributed by atoms with Crippen molar-refractivity contribution in [2.24, 2.45) is 0 Å². The molecule has 1 aliphatic carbocycles. The number of benzene rings is 1. The molecule has 7 nitrogen and oxygen atoms in total. The largest absolute Gasteiger partial charge is 0.508 e. The summed E-state index contributed by atoms with van der Waals surface area (Å²) in [7, 11) is 0. The highest BCUT2D eigenvalue weighted by Crippen LogP contribution is 2.41. The van der Waals surface area contributed by atoms with Crippen molar-refractivity contribution in [3.8, 4) is 34.2 Å². The van der Waals surface area contributed by atoms with Crippen molar-refractivity contribution in [2.75, 3.05) is 5.32 Å². The van der Waals surface area contributed by atoms with Gasteiger partial charge in [0.15, 0.2) is 0 Å². The first kappa shape index (κ1) is 19.3. The molecule has 31 heavy (non-hydrogen) atoms. The Labute approximate surface area is 183 Å². The number of phenols is 1. The van der Waals surface area contributed by atoms with Crippen molar-refractivity contribution in [1.29, 1.82) is 5.26 Å². The Morgan fingerprint density at radius 2 is 1.90 bits per heavy atom. The van der Waals surface area contributed by atoms with Crippen LogP contribution in [0.25, 0.3) is 33.4 Å². The monoisotopic (exact) mass is 430 g/mol. The van der Waals surface area contributed by atoms with E-state index in [4.69, 9.17) is 11.6 Å². The van der Waals surface area contributed by atoms with Gasteiger partial charge in [0.25, 0.3) is 0 Å². The topological polar surface area (TPSA) is 111 Å². The molecule has 1 aromatic carbocycles. The Kier molecular flexibility index (Phi) is 4.53. The number of fused-ring (bicyclic) bond motifs is 1. The summed E-state index contributed by atoms with van der Waals surface area (Å²) in [5.74, 6) is 0.758. The molecule has 1 aliphatic rings. The number of nitrogens with one attached hydrogen (secondary N) is 2. The number of aromatic hydroxyl groups is 1. The standard InChI is InChI=1S/C23H19ClN6O/c1-11-3-6-17(31)12(2)18(11)16-10-26-22-19(15(16)7-25)20(24)21(30-22)13-8-27-23(28-9-13)29-14-4-5-14/h3,6,8-10,14,31H,4-5H2,1-2H3,(H,26,30)(H,27,28,29). The van der Waals surface area contributed by atoms with Crippen LogP contribution in [0.1, 0.15) is 29.5 Å². The zero-order chi connectivity index (χ0) is 21.7. The van der Waals surface area contributed by atoms with E-state index in [0.29, 0.717) is 56.0 Å². The molecule has 0 aliphatic heterocycles. The van der Waals surface area contributed by atoms with Crippen molar-refractivity contribution < 1.29 is 5.11 Å². The van der Waals surface area contributed by atoms with Gasteiger partial charge in [0.05, 0.1) is 21.7 Å². The van der Waals surface area contributed by atoms with Crippen molar-refractivity contribution in [3.05, 3.63) is 52.4 Å². The fourth-order valence-corrected chi connectivity index (χ4v) is 4.16. The molecule has 3 N–H and O–H groups in total. The first-order valence-electron chi connectivity index (χ1n) is 9.96. The number of hydrogen-bond donors (Lipinski definition) is 3. The minimum absolute atomic E-state index is 0.169. The summed E-state index contributed by atoms with van der Waals surface area (Å²) in [5, 5.41) is 24.4. The number of halogens is 1. The zero-order valence-electron chi connectivity index (χ0n) is 17.0. The number of pyridine rings is 1. The molecule has 8 heteroatoms. The van der Waals surface area contributed by atoms with Gasteiger partial charge >= 0.3 is 0 Å². The number of rotatable bonds is 4. The second kappa shape index (κ2) is 7.25. The minimum Gasteiger partial charge on any atom is -0.508 e. The molecular weight excluding hydrogens is 412 g/mol. The van der Waals surface area contributed by atoms with Crippen LogP contribution < -0.4 is 5.32 Å². The molecular formula is C23H19ClN6O. The van der Waals surface area contributed by atoms with Gasteiger partial charge in [-0.25, -0.2) is 15.0 Å². The maximum Gasteiger partial charge on any atom is 0.222 e. The Hall–Kier alpha value is -3.63. The predicted octanol–water partition coefficient (Wildman–Crippen LogP) is 5.11. The number of H-pyrrole nitrogens is 1. The van der Waals surface area contributed by atoms with E-state index in [-0.39, 0.29) is 5.75 Å². The third kappa shape index (κ3) is 3.25. The van der Waals surface area contributed by atoms with E-state index in [1.165, 1.54) is 0 Å². The average molecular weight is 431 g/mol. The highest BCUT2D eigenvalue weighted by Gasteiger charge is 2.23. The second-order valence-electron chi connectivity index (χ2n) is 7.81. The summed E-state index contributed by atoms with van der Waals surface area (Å²) in [4.78, 5) is 16.5. The number of nitriles is 1. The molecule has 4 aromatic rings. The van der Waals surface area contributed by atoms with Crippen LogP contribution in [0.5, 0.6) is 5.75 Å². The van der Waals surface area contributed by atoms with E-state index in [0.717, 1.165) is 24.0 Å². The fourth-order valence-electron chi connectivity index (χ4n) is 3.82. The van der Waals surface area contributed by atoms with Gasteiger partial charge in [-0.15, -0.1) is 0 Å². The Morgan fingerprint density at radius 1 is 1.16 bits per heavy atom. The maximum absolute atomic E-state index is 10.2. The number of anilines is 1. The number of aromatic amines is 1. The van der Waals surface area contributed by atoms with Gasteiger partial charge in [-0.05, 0) is 49.4 Å². The summed E-state index contributed by atoms with van der Waals surface area (Å²) >= 11 is 6.74. The molecule has 0 radical (unpaired) electrons. The van der Waals surface area contributed by atoms with Crippen molar-refractivity contribution >= 4 is 28.6 Å². The lowest BCUT2D eigenvalue weighted by molar-refractivity contribution is 0.471. The fraction of sp³-hybridized carbons (Fsp3) is 0.217. The van der Waals surface area contributed by atoms with Crippen LogP contribution in [-0.4, -0.2) is 31.1 Å². The van der Waals surface area contributed by atoms with Crippen LogP contribution in [0.4, 0.5) is 5.95 Å². The summed E-state index contributed by atoms with van der Waals surface area (Å²) in [6, 6.07) is 6.22. The third-order valence-electron chi connectivity index (χ3n) is 5.64. The Bertz CT molecular complexity index is 1370. The smallest absolute Gasteiger partial charge is 0.222 e. The van der Waals surface area contributed by atoms with Gasteiger partial charge in [0.1, 0.15) is 17.5 Å². The van der Waals surface area contributed by atoms with Gasteiger partial charge in [-0.1, -0.05) is 17.7 Å².